The molecular weight excluding hydrogens is 228 g/mol. The molecule has 0 saturated heterocycles. The van der Waals surface area contributed by atoms with Crippen molar-refractivity contribution >= 4 is 22.6 Å². The van der Waals surface area contributed by atoms with Crippen molar-refractivity contribution in [2.45, 2.75) is 19.8 Å². The number of nitrogens with zero attached hydrogens (tertiary/aromatic N) is 2. The van der Waals surface area contributed by atoms with Crippen LogP contribution in [0.5, 0.6) is 0 Å². The molecule has 0 atom stereocenters. The van der Waals surface area contributed by atoms with Crippen LogP contribution < -0.4 is 10.6 Å². The topological polar surface area (TPSA) is 76.1 Å². The highest BCUT2D eigenvalue weighted by Crippen LogP contribution is 2.07. The number of carbonyl (C=O) groups is 1. The molecule has 1 rings (SSSR count). The van der Waals surface area contributed by atoms with Gasteiger partial charge in [-0.25, -0.2) is 4.79 Å². The highest BCUT2D eigenvalue weighted by atomic mass is 32.1. The molecule has 0 aliphatic rings. The van der Waals surface area contributed by atoms with E-state index in [1.807, 2.05) is 6.92 Å². The molecule has 0 radical (unpaired) electrons. The van der Waals surface area contributed by atoms with E-state index in [4.69, 9.17) is 4.74 Å². The molecule has 90 valence electrons. The minimum atomic E-state index is -0.220. The Bertz CT molecular complexity index is 292. The Morgan fingerprint density at radius 2 is 2.44 bits per heavy atom. The SMILES string of the molecule is CCOCCCCNC(=O)Nc1cnns1. The number of ether oxygens (including phenoxy) is 1. The number of urea groups is 1. The molecular formula is C9H16N4O2S. The number of aromatic nitrogens is 2. The molecule has 6 nitrogen and oxygen atoms in total. The molecule has 1 heterocycles. The molecule has 1 aromatic rings. The zero-order valence-electron chi connectivity index (χ0n) is 9.23. The maximum atomic E-state index is 11.3. The van der Waals surface area contributed by atoms with Crippen LogP contribution in [0, 0.1) is 0 Å². The van der Waals surface area contributed by atoms with Gasteiger partial charge in [-0.3, -0.25) is 5.32 Å². The average Bonchev–Trinajstić information content (AvgIpc) is 2.76. The van der Waals surface area contributed by atoms with Crippen molar-refractivity contribution in [3.05, 3.63) is 6.20 Å². The van der Waals surface area contributed by atoms with E-state index in [1.165, 1.54) is 6.20 Å². The third kappa shape index (κ3) is 5.62. The van der Waals surface area contributed by atoms with Gasteiger partial charge in [-0.05, 0) is 19.8 Å². The summed E-state index contributed by atoms with van der Waals surface area (Å²) in [5, 5.41) is 9.64. The average molecular weight is 244 g/mol. The van der Waals surface area contributed by atoms with Crippen molar-refractivity contribution in [2.75, 3.05) is 25.1 Å². The Morgan fingerprint density at radius 1 is 1.56 bits per heavy atom. The van der Waals surface area contributed by atoms with Gasteiger partial charge in [0, 0.05) is 31.3 Å². The predicted octanol–water partition coefficient (Wildman–Crippen LogP) is 1.48. The third-order valence-corrected chi connectivity index (χ3v) is 2.38. The molecule has 7 heteroatoms. The van der Waals surface area contributed by atoms with E-state index in [0.717, 1.165) is 37.6 Å². The van der Waals surface area contributed by atoms with Crippen molar-refractivity contribution in [2.24, 2.45) is 0 Å². The molecule has 0 aliphatic carbocycles. The van der Waals surface area contributed by atoms with Crippen LogP contribution in [0.2, 0.25) is 0 Å². The van der Waals surface area contributed by atoms with Crippen molar-refractivity contribution in [3.63, 3.8) is 0 Å². The highest BCUT2D eigenvalue weighted by Gasteiger charge is 2.01. The summed E-state index contributed by atoms with van der Waals surface area (Å²) in [6.07, 6.45) is 3.38. The van der Waals surface area contributed by atoms with Gasteiger partial charge in [-0.2, -0.15) is 0 Å². The molecule has 0 saturated carbocycles. The number of hydrogen-bond donors (Lipinski definition) is 2. The van der Waals surface area contributed by atoms with Crippen LogP contribution in [0.15, 0.2) is 6.20 Å². The number of unbranched alkanes of at least 4 members (excludes halogenated alkanes) is 1. The maximum absolute atomic E-state index is 11.3. The van der Waals surface area contributed by atoms with Crippen LogP contribution in [0.1, 0.15) is 19.8 Å². The quantitative estimate of drug-likeness (QED) is 0.712. The molecule has 0 fully saturated rings. The Hall–Kier alpha value is -1.21. The fourth-order valence-electron chi connectivity index (χ4n) is 1.05. The Balaban J connectivity index is 1.98. The molecule has 0 spiro atoms. The van der Waals surface area contributed by atoms with E-state index in [0.29, 0.717) is 11.5 Å². The van der Waals surface area contributed by atoms with Gasteiger partial charge in [0.25, 0.3) is 0 Å². The molecule has 2 N–H and O–H groups in total. The number of hydrogen-bond acceptors (Lipinski definition) is 5. The van der Waals surface area contributed by atoms with Gasteiger partial charge in [0.1, 0.15) is 5.00 Å². The first-order valence-electron chi connectivity index (χ1n) is 5.23. The molecule has 2 amide bonds. The summed E-state index contributed by atoms with van der Waals surface area (Å²) in [4.78, 5) is 11.3. The first-order chi connectivity index (χ1) is 7.83. The third-order valence-electron chi connectivity index (χ3n) is 1.80. The fourth-order valence-corrected chi connectivity index (χ4v) is 1.47. The van der Waals surface area contributed by atoms with Crippen molar-refractivity contribution in [3.8, 4) is 0 Å². The van der Waals surface area contributed by atoms with Crippen LogP contribution in [0.3, 0.4) is 0 Å². The summed E-state index contributed by atoms with van der Waals surface area (Å²) in [6, 6.07) is -0.220. The number of nitrogens with one attached hydrogen (secondary N) is 2. The minimum Gasteiger partial charge on any atom is -0.382 e. The molecule has 1 aromatic heterocycles. The van der Waals surface area contributed by atoms with Crippen LogP contribution in [-0.2, 0) is 4.74 Å². The van der Waals surface area contributed by atoms with Crippen molar-refractivity contribution < 1.29 is 9.53 Å². The molecule has 0 aliphatic heterocycles. The fraction of sp³-hybridized carbons (Fsp3) is 0.667. The van der Waals surface area contributed by atoms with Crippen LogP contribution >= 0.6 is 11.5 Å². The summed E-state index contributed by atoms with van der Waals surface area (Å²) >= 11 is 1.15. The Morgan fingerprint density at radius 3 is 3.12 bits per heavy atom. The second kappa shape index (κ2) is 8.00. The summed E-state index contributed by atoms with van der Waals surface area (Å²) in [5.74, 6) is 0. The summed E-state index contributed by atoms with van der Waals surface area (Å²) in [5.41, 5.74) is 0. The van der Waals surface area contributed by atoms with E-state index in [2.05, 4.69) is 20.2 Å². The molecule has 0 bridgehead atoms. The van der Waals surface area contributed by atoms with E-state index >= 15 is 0 Å². The van der Waals surface area contributed by atoms with E-state index in [-0.39, 0.29) is 6.03 Å². The van der Waals surface area contributed by atoms with Gasteiger partial charge in [0.05, 0.1) is 6.20 Å². The van der Waals surface area contributed by atoms with Crippen LogP contribution in [0.4, 0.5) is 9.80 Å². The van der Waals surface area contributed by atoms with Gasteiger partial charge in [-0.1, -0.05) is 4.49 Å². The summed E-state index contributed by atoms with van der Waals surface area (Å²) in [6.45, 7) is 4.10. The number of carbonyl (C=O) groups excluding carboxylic acids is 1. The zero-order valence-corrected chi connectivity index (χ0v) is 10.0. The minimum absolute atomic E-state index is 0.220. The maximum Gasteiger partial charge on any atom is 0.319 e. The molecule has 0 aromatic carbocycles. The van der Waals surface area contributed by atoms with Crippen molar-refractivity contribution in [1.82, 2.24) is 14.9 Å². The lowest BCUT2D eigenvalue weighted by molar-refractivity contribution is 0.143. The van der Waals surface area contributed by atoms with Crippen LogP contribution in [-0.4, -0.2) is 35.4 Å². The Labute approximate surface area is 98.5 Å². The summed E-state index contributed by atoms with van der Waals surface area (Å²) in [7, 11) is 0. The molecule has 16 heavy (non-hydrogen) atoms. The molecule has 0 unspecified atom stereocenters. The van der Waals surface area contributed by atoms with E-state index in [1.54, 1.807) is 0 Å². The van der Waals surface area contributed by atoms with Crippen LogP contribution in [0.25, 0.3) is 0 Å². The monoisotopic (exact) mass is 244 g/mol. The highest BCUT2D eigenvalue weighted by molar-refractivity contribution is 7.10. The lowest BCUT2D eigenvalue weighted by Crippen LogP contribution is -2.29. The smallest absolute Gasteiger partial charge is 0.319 e. The number of anilines is 1. The van der Waals surface area contributed by atoms with E-state index in [9.17, 15) is 4.79 Å². The Kier molecular flexibility index (Phi) is 6.43. The number of rotatable bonds is 7. The second-order valence-electron chi connectivity index (χ2n) is 3.07. The van der Waals surface area contributed by atoms with Gasteiger partial charge >= 0.3 is 6.03 Å². The van der Waals surface area contributed by atoms with E-state index < -0.39 is 0 Å². The van der Waals surface area contributed by atoms with Crippen molar-refractivity contribution in [1.29, 1.82) is 0 Å². The van der Waals surface area contributed by atoms with Gasteiger partial charge in [-0.15, -0.1) is 5.10 Å². The summed E-state index contributed by atoms with van der Waals surface area (Å²) < 4.78 is 8.82. The number of amides is 2. The lowest BCUT2D eigenvalue weighted by Gasteiger charge is -2.05. The normalized spacial score (nSPS) is 10.1. The van der Waals surface area contributed by atoms with Gasteiger partial charge in [0.2, 0.25) is 0 Å². The predicted molar refractivity (Wildman–Crippen MR) is 62.7 cm³/mol. The van der Waals surface area contributed by atoms with Gasteiger partial charge in [0.15, 0.2) is 0 Å². The van der Waals surface area contributed by atoms with Gasteiger partial charge < -0.3 is 10.1 Å². The first kappa shape index (κ1) is 12.9. The zero-order chi connectivity index (χ0) is 11.6. The largest absolute Gasteiger partial charge is 0.382 e. The standard InChI is InChI=1S/C9H16N4O2S/c1-2-15-6-4-3-5-10-9(14)12-8-7-11-13-16-8/h7H,2-6H2,1H3,(H2,10,12,14). The first-order valence-corrected chi connectivity index (χ1v) is 6.00. The second-order valence-corrected chi connectivity index (χ2v) is 3.85. The lowest BCUT2D eigenvalue weighted by atomic mass is 10.3.